The molecule has 1 atom stereocenters. The zero-order valence-electron chi connectivity index (χ0n) is 15.6. The number of thiol groups is 1. The molecule has 0 saturated carbocycles. The van der Waals surface area contributed by atoms with Crippen LogP contribution in [0.3, 0.4) is 0 Å². The molecule has 0 aliphatic rings. The largest absolute Gasteiger partial charge is 0.459 e. The van der Waals surface area contributed by atoms with Crippen molar-refractivity contribution in [1.82, 2.24) is 10.2 Å². The maximum atomic E-state index is 11.9. The molecule has 0 aliphatic carbocycles. The lowest BCUT2D eigenvalue weighted by atomic mass is 10.2. The first-order valence-electron chi connectivity index (χ1n) is 8.10. The Morgan fingerprint density at radius 1 is 1.26 bits per heavy atom. The summed E-state index contributed by atoms with van der Waals surface area (Å²) in [7, 11) is 0. The Bertz CT molecular complexity index is 923. The number of benzene rings is 1. The summed E-state index contributed by atoms with van der Waals surface area (Å²) in [6, 6.07) is 6.28. The highest BCUT2D eigenvalue weighted by Gasteiger charge is 2.16. The normalized spacial score (nSPS) is 10.9. The van der Waals surface area contributed by atoms with Crippen molar-refractivity contribution in [3.8, 4) is 0 Å². The number of hydrogen-bond acceptors (Lipinski definition) is 14. The monoisotopic (exact) mass is 495 g/mol. The van der Waals surface area contributed by atoms with Gasteiger partial charge in [-0.1, -0.05) is 17.4 Å². The number of aromatic nitrogens is 2. The summed E-state index contributed by atoms with van der Waals surface area (Å²) in [5, 5.41) is 24.8. The van der Waals surface area contributed by atoms with Gasteiger partial charge in [-0.15, -0.1) is 38.0 Å². The van der Waals surface area contributed by atoms with E-state index in [1.165, 1.54) is 23.5 Å². The molecule has 1 aromatic carbocycles. The Balaban J connectivity index is 0.000000577. The van der Waals surface area contributed by atoms with Crippen molar-refractivity contribution < 1.29 is 34.1 Å². The van der Waals surface area contributed by atoms with Crippen molar-refractivity contribution in [2.24, 2.45) is 0 Å². The number of nitrogen functional groups attached to an aromatic ring is 1. The molecule has 31 heavy (non-hydrogen) atoms. The van der Waals surface area contributed by atoms with Crippen LogP contribution in [0.4, 0.5) is 5.13 Å². The lowest BCUT2D eigenvalue weighted by molar-refractivity contribution is -0.760. The van der Waals surface area contributed by atoms with Gasteiger partial charge in [0.25, 0.3) is 10.2 Å². The molecule has 0 amide bonds. The smallest absolute Gasteiger partial charge is 0.338 e. The lowest BCUT2D eigenvalue weighted by Crippen LogP contribution is -2.30. The number of H-pyrrole nitrogens is 1. The van der Waals surface area contributed by atoms with Crippen LogP contribution in [-0.4, -0.2) is 58.9 Å². The Morgan fingerprint density at radius 2 is 1.97 bits per heavy atom. The summed E-state index contributed by atoms with van der Waals surface area (Å²) in [6.07, 6.45) is -0.992. The molecule has 0 spiro atoms. The number of carbonyl (C=O) groups excluding carboxylic acids is 1. The zero-order chi connectivity index (χ0) is 23.2. The van der Waals surface area contributed by atoms with Gasteiger partial charge in [0, 0.05) is 4.90 Å². The van der Waals surface area contributed by atoms with Gasteiger partial charge in [-0.25, -0.2) is 4.79 Å². The van der Waals surface area contributed by atoms with Crippen molar-refractivity contribution >= 4 is 47.3 Å². The van der Waals surface area contributed by atoms with Crippen LogP contribution in [0.5, 0.6) is 0 Å². The number of esters is 1. The topological polar surface area (TPSA) is 195 Å². The Labute approximate surface area is 188 Å². The summed E-state index contributed by atoms with van der Waals surface area (Å²) in [5.74, 6) is -0.679. The number of nitrogens with zero attached hydrogens (tertiary/aromatic N) is 3. The van der Waals surface area contributed by atoms with Crippen LogP contribution in [0.15, 0.2) is 29.2 Å². The van der Waals surface area contributed by atoms with Gasteiger partial charge in [0.15, 0.2) is 3.95 Å². The SMILES string of the molecule is Nc1n[nH]c(=S)s1.O=C(OCC(CO[N+](=O)[O-])OCCO[N+](=O)[O-])c1cccc(S)c1. The first-order chi connectivity index (χ1) is 14.7. The molecule has 1 aromatic heterocycles. The number of carbonyl (C=O) groups is 1. The molecule has 1 heterocycles. The lowest BCUT2D eigenvalue weighted by Gasteiger charge is -2.16. The molecular formula is C14H17N5O9S3. The molecule has 2 aromatic rings. The number of hydrogen-bond donors (Lipinski definition) is 3. The summed E-state index contributed by atoms with van der Waals surface area (Å²) < 4.78 is 10.7. The highest BCUT2D eigenvalue weighted by molar-refractivity contribution is 7.80. The molecule has 1 unspecified atom stereocenters. The number of rotatable bonds is 11. The number of anilines is 1. The molecule has 17 heteroatoms. The van der Waals surface area contributed by atoms with Gasteiger partial charge in [0.2, 0.25) is 5.13 Å². The van der Waals surface area contributed by atoms with E-state index in [2.05, 4.69) is 44.7 Å². The molecule has 14 nitrogen and oxygen atoms in total. The fourth-order valence-corrected chi connectivity index (χ4v) is 2.64. The van der Waals surface area contributed by atoms with E-state index in [1.807, 2.05) is 0 Å². The van der Waals surface area contributed by atoms with Gasteiger partial charge in [0.05, 0.1) is 12.2 Å². The molecule has 170 valence electrons. The van der Waals surface area contributed by atoms with Gasteiger partial charge in [-0.2, -0.15) is 0 Å². The fourth-order valence-electron chi connectivity index (χ4n) is 1.74. The van der Waals surface area contributed by atoms with Gasteiger partial charge >= 0.3 is 5.97 Å². The second-order valence-electron chi connectivity index (χ2n) is 5.17. The predicted octanol–water partition coefficient (Wildman–Crippen LogP) is 1.72. The zero-order valence-corrected chi connectivity index (χ0v) is 18.1. The van der Waals surface area contributed by atoms with Crippen LogP contribution in [-0.2, 0) is 19.1 Å². The predicted molar refractivity (Wildman–Crippen MR) is 111 cm³/mol. The minimum Gasteiger partial charge on any atom is -0.459 e. The van der Waals surface area contributed by atoms with Crippen molar-refractivity contribution in [2.45, 2.75) is 11.0 Å². The second kappa shape index (κ2) is 14.1. The minimum atomic E-state index is -1.03. The van der Waals surface area contributed by atoms with Gasteiger partial charge < -0.3 is 24.9 Å². The second-order valence-corrected chi connectivity index (χ2v) is 7.38. The van der Waals surface area contributed by atoms with Crippen molar-refractivity contribution in [3.63, 3.8) is 0 Å². The highest BCUT2D eigenvalue weighted by atomic mass is 32.1. The van der Waals surface area contributed by atoms with E-state index in [0.29, 0.717) is 14.0 Å². The van der Waals surface area contributed by atoms with Crippen molar-refractivity contribution in [2.75, 3.05) is 32.2 Å². The summed E-state index contributed by atoms with van der Waals surface area (Å²) in [4.78, 5) is 40.8. The fraction of sp³-hybridized carbons (Fsp3) is 0.357. The van der Waals surface area contributed by atoms with Crippen molar-refractivity contribution in [1.29, 1.82) is 0 Å². The van der Waals surface area contributed by atoms with Gasteiger partial charge in [-0.05, 0) is 30.4 Å². The maximum Gasteiger partial charge on any atom is 0.338 e. The molecule has 3 N–H and O–H groups in total. The first-order valence-corrected chi connectivity index (χ1v) is 9.78. The summed E-state index contributed by atoms with van der Waals surface area (Å²) in [5.41, 5.74) is 5.43. The third-order valence-corrected chi connectivity index (χ3v) is 4.13. The highest BCUT2D eigenvalue weighted by Crippen LogP contribution is 2.10. The third kappa shape index (κ3) is 12.3. The van der Waals surface area contributed by atoms with Crippen molar-refractivity contribution in [3.05, 3.63) is 54.0 Å². The number of nitrogens with one attached hydrogen (secondary N) is 1. The standard InChI is InChI=1S/C12H14N2O9S.C2H3N3S2/c15-12(9-2-1-3-11(24)6-9)21-7-10(8-23-14(18)19)20-4-5-22-13(16)17;3-1-4-5-2(6)7-1/h1-3,6,10,24H,4-5,7-8H2;(H2,3,4)(H,5,6). The quantitative estimate of drug-likeness (QED) is 0.102. The Morgan fingerprint density at radius 3 is 2.48 bits per heavy atom. The van der Waals surface area contributed by atoms with Crippen LogP contribution >= 0.6 is 36.2 Å². The average Bonchev–Trinajstić information content (AvgIpc) is 3.09. The maximum absolute atomic E-state index is 11.9. The molecule has 0 radical (unpaired) electrons. The summed E-state index contributed by atoms with van der Waals surface area (Å²) in [6.45, 7) is -1.47. The van der Waals surface area contributed by atoms with E-state index in [9.17, 15) is 25.0 Å². The minimum absolute atomic E-state index is 0.240. The third-order valence-electron chi connectivity index (χ3n) is 2.94. The first kappa shape index (κ1) is 26.0. The Hall–Kier alpha value is -3.02. The van der Waals surface area contributed by atoms with E-state index >= 15 is 0 Å². The van der Waals surface area contributed by atoms with E-state index in [4.69, 9.17) is 15.2 Å². The van der Waals surface area contributed by atoms with Crippen LogP contribution < -0.4 is 5.73 Å². The molecule has 0 aliphatic heterocycles. The average molecular weight is 496 g/mol. The van der Waals surface area contributed by atoms with Gasteiger partial charge in [0.1, 0.15) is 25.9 Å². The number of aromatic amines is 1. The molecule has 0 saturated heterocycles. The molecule has 2 rings (SSSR count). The molecule has 0 bridgehead atoms. The van der Waals surface area contributed by atoms with Crippen LogP contribution in [0, 0.1) is 24.2 Å². The molecular weight excluding hydrogens is 478 g/mol. The number of ether oxygens (including phenoxy) is 2. The van der Waals surface area contributed by atoms with Crippen LogP contribution in [0.1, 0.15) is 10.4 Å². The van der Waals surface area contributed by atoms with E-state index in [-0.39, 0.29) is 25.4 Å². The van der Waals surface area contributed by atoms with Gasteiger partial charge in [-0.3, -0.25) is 5.10 Å². The summed E-state index contributed by atoms with van der Waals surface area (Å²) >= 11 is 10.0. The van der Waals surface area contributed by atoms with E-state index in [0.717, 1.165) is 0 Å². The van der Waals surface area contributed by atoms with E-state index in [1.54, 1.807) is 12.1 Å². The molecule has 0 fully saturated rings. The van der Waals surface area contributed by atoms with Crippen LogP contribution in [0.2, 0.25) is 0 Å². The van der Waals surface area contributed by atoms with E-state index < -0.39 is 28.9 Å². The Kier molecular flexibility index (Phi) is 11.8. The van der Waals surface area contributed by atoms with Crippen LogP contribution in [0.25, 0.3) is 0 Å². The number of nitrogens with two attached hydrogens (primary N) is 1.